The maximum atomic E-state index is 11.1. The monoisotopic (exact) mass is 202 g/mol. The van der Waals surface area contributed by atoms with Gasteiger partial charge in [-0.05, 0) is 18.8 Å². The zero-order chi connectivity index (χ0) is 11.6. The van der Waals surface area contributed by atoms with E-state index in [2.05, 4.69) is 0 Å². The van der Waals surface area contributed by atoms with Crippen molar-refractivity contribution in [3.05, 3.63) is 0 Å². The fourth-order valence-electron chi connectivity index (χ4n) is 1.16. The van der Waals surface area contributed by atoms with Crippen molar-refractivity contribution in [2.45, 2.75) is 40.5 Å². The average molecular weight is 202 g/mol. The Morgan fingerprint density at radius 3 is 1.71 bits per heavy atom. The lowest BCUT2D eigenvalue weighted by atomic mass is 9.65. The number of carboxylic acids is 2. The lowest BCUT2D eigenvalue weighted by molar-refractivity contribution is -0.156. The summed E-state index contributed by atoms with van der Waals surface area (Å²) in [5.41, 5.74) is -1.44. The molecule has 0 aromatic rings. The summed E-state index contributed by atoms with van der Waals surface area (Å²) in [6.45, 7) is 7.02. The number of aliphatic carboxylic acids is 2. The summed E-state index contributed by atoms with van der Waals surface area (Å²) >= 11 is 0. The van der Waals surface area contributed by atoms with E-state index >= 15 is 0 Å². The van der Waals surface area contributed by atoms with Gasteiger partial charge in [-0.2, -0.15) is 0 Å². The maximum Gasteiger partial charge on any atom is 0.309 e. The van der Waals surface area contributed by atoms with Gasteiger partial charge >= 0.3 is 11.9 Å². The summed E-state index contributed by atoms with van der Waals surface area (Å²) in [4.78, 5) is 21.5. The van der Waals surface area contributed by atoms with Crippen molar-refractivity contribution in [3.63, 3.8) is 0 Å². The molecule has 14 heavy (non-hydrogen) atoms. The van der Waals surface area contributed by atoms with Crippen LogP contribution in [0.5, 0.6) is 0 Å². The molecule has 0 aromatic heterocycles. The van der Waals surface area contributed by atoms with E-state index in [4.69, 9.17) is 10.2 Å². The van der Waals surface area contributed by atoms with Crippen LogP contribution in [0, 0.1) is 10.8 Å². The first kappa shape index (κ1) is 12.9. The average Bonchev–Trinajstić information content (AvgIpc) is 1.97. The summed E-state index contributed by atoms with van der Waals surface area (Å²) in [5.74, 6) is -1.90. The Bertz CT molecular complexity index is 239. The van der Waals surface area contributed by atoms with E-state index in [1.54, 1.807) is 6.92 Å². The van der Waals surface area contributed by atoms with E-state index in [9.17, 15) is 9.59 Å². The van der Waals surface area contributed by atoms with Gasteiger partial charge in [0.15, 0.2) is 0 Å². The minimum Gasteiger partial charge on any atom is -0.481 e. The van der Waals surface area contributed by atoms with Crippen molar-refractivity contribution in [2.75, 3.05) is 0 Å². The van der Waals surface area contributed by atoms with Crippen LogP contribution in [0.4, 0.5) is 0 Å². The molecule has 0 spiro atoms. The molecule has 0 saturated heterocycles. The van der Waals surface area contributed by atoms with Crippen LogP contribution in [0.3, 0.4) is 0 Å². The van der Waals surface area contributed by atoms with Crippen LogP contribution >= 0.6 is 0 Å². The Balaban J connectivity index is 4.75. The van der Waals surface area contributed by atoms with Crippen molar-refractivity contribution in [1.82, 2.24) is 0 Å². The fourth-order valence-corrected chi connectivity index (χ4v) is 1.16. The molecule has 0 saturated carbocycles. The second-order valence-electron chi connectivity index (χ2n) is 4.78. The molecule has 1 atom stereocenters. The molecule has 0 bridgehead atoms. The van der Waals surface area contributed by atoms with Gasteiger partial charge < -0.3 is 10.2 Å². The number of hydrogen-bond donors (Lipinski definition) is 2. The Morgan fingerprint density at radius 2 is 1.50 bits per heavy atom. The molecule has 2 N–H and O–H groups in total. The van der Waals surface area contributed by atoms with Crippen molar-refractivity contribution in [3.8, 4) is 0 Å². The Kier molecular flexibility index (Phi) is 3.68. The van der Waals surface area contributed by atoms with Crippen LogP contribution in [-0.2, 0) is 9.59 Å². The van der Waals surface area contributed by atoms with Crippen LogP contribution in [0.2, 0.25) is 0 Å². The number of carboxylic acid groups (broad SMARTS) is 2. The molecule has 0 fully saturated rings. The van der Waals surface area contributed by atoms with Gasteiger partial charge in [0.25, 0.3) is 0 Å². The lowest BCUT2D eigenvalue weighted by Crippen LogP contribution is -2.40. The van der Waals surface area contributed by atoms with Gasteiger partial charge in [-0.1, -0.05) is 20.8 Å². The third-order valence-corrected chi connectivity index (χ3v) is 2.97. The molecule has 0 radical (unpaired) electrons. The minimum atomic E-state index is -0.995. The second-order valence-corrected chi connectivity index (χ2v) is 4.78. The quantitative estimate of drug-likeness (QED) is 0.731. The molecular weight excluding hydrogens is 184 g/mol. The highest BCUT2D eigenvalue weighted by Gasteiger charge is 2.44. The van der Waals surface area contributed by atoms with Gasteiger partial charge in [-0.15, -0.1) is 0 Å². The smallest absolute Gasteiger partial charge is 0.309 e. The van der Waals surface area contributed by atoms with Crippen molar-refractivity contribution in [2.24, 2.45) is 10.8 Å². The zero-order valence-electron chi connectivity index (χ0n) is 9.13. The predicted octanol–water partition coefficient (Wildman–Crippen LogP) is 1.99. The summed E-state index contributed by atoms with van der Waals surface area (Å²) < 4.78 is 0. The Labute approximate surface area is 83.9 Å². The molecule has 0 aliphatic heterocycles. The molecule has 0 heterocycles. The van der Waals surface area contributed by atoms with E-state index < -0.39 is 22.8 Å². The standard InChI is InChI=1S/C10H18O4/c1-9(2,3)10(4,8(13)14)6-5-7(11)12/h5-6H2,1-4H3,(H,11,12)(H,13,14). The van der Waals surface area contributed by atoms with Gasteiger partial charge in [0, 0.05) is 6.42 Å². The van der Waals surface area contributed by atoms with Gasteiger partial charge in [-0.25, -0.2) is 0 Å². The van der Waals surface area contributed by atoms with Crippen molar-refractivity contribution in [1.29, 1.82) is 0 Å². The summed E-state index contributed by atoms with van der Waals surface area (Å²) in [6.07, 6.45) is 0.0429. The predicted molar refractivity (Wildman–Crippen MR) is 52.1 cm³/mol. The highest BCUT2D eigenvalue weighted by Crippen LogP contribution is 2.42. The molecular formula is C10H18O4. The maximum absolute atomic E-state index is 11.1. The molecule has 0 aliphatic carbocycles. The number of hydrogen-bond acceptors (Lipinski definition) is 2. The first-order valence-electron chi connectivity index (χ1n) is 4.56. The number of carbonyl (C=O) groups is 2. The SMILES string of the molecule is CC(C)(C)C(C)(CCC(=O)O)C(=O)O. The highest BCUT2D eigenvalue weighted by molar-refractivity contribution is 5.76. The largest absolute Gasteiger partial charge is 0.481 e. The summed E-state index contributed by atoms with van der Waals surface area (Å²) in [6, 6.07) is 0. The highest BCUT2D eigenvalue weighted by atomic mass is 16.4. The van der Waals surface area contributed by atoms with Crippen LogP contribution < -0.4 is 0 Å². The third-order valence-electron chi connectivity index (χ3n) is 2.97. The van der Waals surface area contributed by atoms with E-state index in [0.717, 1.165) is 0 Å². The first-order chi connectivity index (χ1) is 6.11. The van der Waals surface area contributed by atoms with Gasteiger partial charge in [0.05, 0.1) is 5.41 Å². The third kappa shape index (κ3) is 2.72. The molecule has 0 rings (SSSR count). The molecule has 0 amide bonds. The molecule has 0 aromatic carbocycles. The van der Waals surface area contributed by atoms with Gasteiger partial charge in [0.1, 0.15) is 0 Å². The lowest BCUT2D eigenvalue weighted by Gasteiger charge is -2.37. The molecule has 4 heteroatoms. The van der Waals surface area contributed by atoms with E-state index in [1.807, 2.05) is 20.8 Å². The van der Waals surface area contributed by atoms with E-state index in [0.29, 0.717) is 0 Å². The summed E-state index contributed by atoms with van der Waals surface area (Å²) in [7, 11) is 0. The van der Waals surface area contributed by atoms with E-state index in [1.165, 1.54) is 0 Å². The normalized spacial score (nSPS) is 16.0. The molecule has 1 unspecified atom stereocenters. The fraction of sp³-hybridized carbons (Fsp3) is 0.800. The Hall–Kier alpha value is -1.06. The van der Waals surface area contributed by atoms with Gasteiger partial charge in [-0.3, -0.25) is 9.59 Å². The zero-order valence-corrected chi connectivity index (χ0v) is 9.13. The van der Waals surface area contributed by atoms with Crippen LogP contribution in [0.15, 0.2) is 0 Å². The van der Waals surface area contributed by atoms with Crippen molar-refractivity contribution >= 4 is 11.9 Å². The molecule has 4 nitrogen and oxygen atoms in total. The first-order valence-corrected chi connectivity index (χ1v) is 4.56. The van der Waals surface area contributed by atoms with Gasteiger partial charge in [0.2, 0.25) is 0 Å². The Morgan fingerprint density at radius 1 is 1.07 bits per heavy atom. The van der Waals surface area contributed by atoms with Crippen LogP contribution in [-0.4, -0.2) is 22.2 Å². The van der Waals surface area contributed by atoms with Crippen LogP contribution in [0.1, 0.15) is 40.5 Å². The van der Waals surface area contributed by atoms with Crippen molar-refractivity contribution < 1.29 is 19.8 Å². The minimum absolute atomic E-state index is 0.111. The topological polar surface area (TPSA) is 74.6 Å². The van der Waals surface area contributed by atoms with Crippen LogP contribution in [0.25, 0.3) is 0 Å². The molecule has 82 valence electrons. The van der Waals surface area contributed by atoms with E-state index in [-0.39, 0.29) is 12.8 Å². The number of rotatable bonds is 4. The second kappa shape index (κ2) is 3.98. The summed E-state index contributed by atoms with van der Waals surface area (Å²) in [5, 5.41) is 17.6. The molecule has 0 aliphatic rings.